The van der Waals surface area contributed by atoms with Gasteiger partial charge in [0.15, 0.2) is 0 Å². The number of primary amides is 1. The molecule has 2 unspecified atom stereocenters. The third-order valence-electron chi connectivity index (χ3n) is 1.45. The van der Waals surface area contributed by atoms with Crippen LogP contribution in [0, 0.1) is 5.92 Å². The largest absolute Gasteiger partial charge is 0.481 e. The number of carboxylic acids is 2. The number of hydrogen-bond donors (Lipinski definition) is 4. The maximum Gasteiger partial charge on any atom is 0.327 e. The summed E-state index contributed by atoms with van der Waals surface area (Å²) in [6.07, 6.45) is 0. The third kappa shape index (κ3) is 3.41. The molecule has 2 amide bonds. The lowest BCUT2D eigenvalue weighted by Crippen LogP contribution is -2.49. The quantitative estimate of drug-likeness (QED) is 0.443. The zero-order valence-corrected chi connectivity index (χ0v) is 6.85. The molecule has 0 saturated carbocycles. The Hall–Kier alpha value is -1.79. The van der Waals surface area contributed by atoms with E-state index in [4.69, 9.17) is 10.2 Å². The summed E-state index contributed by atoms with van der Waals surface area (Å²) < 4.78 is 0. The molecule has 0 aliphatic rings. The maximum atomic E-state index is 10.4. The standard InChI is InChI=1S/C6H10N2O5/c1-2(4(9)10)3(5(11)12)8-6(7)13/h2-3H,1H3,(H,9,10)(H,11,12)(H3,7,8,13). The fourth-order valence-corrected chi connectivity index (χ4v) is 0.696. The van der Waals surface area contributed by atoms with Gasteiger partial charge in [0.05, 0.1) is 5.92 Å². The SMILES string of the molecule is CC(C(=O)O)C(NC(N)=O)C(=O)O. The molecule has 7 heteroatoms. The number of nitrogens with one attached hydrogen (secondary N) is 1. The second-order valence-corrected chi connectivity index (χ2v) is 2.45. The summed E-state index contributed by atoms with van der Waals surface area (Å²) in [5.74, 6) is -3.99. The Labute approximate surface area is 73.5 Å². The minimum Gasteiger partial charge on any atom is -0.481 e. The fourth-order valence-electron chi connectivity index (χ4n) is 0.696. The Balaban J connectivity index is 4.51. The number of carbonyl (C=O) groups excluding carboxylic acids is 1. The highest BCUT2D eigenvalue weighted by Crippen LogP contribution is 2.03. The molecule has 0 aliphatic carbocycles. The second kappa shape index (κ2) is 4.29. The van der Waals surface area contributed by atoms with Gasteiger partial charge in [0, 0.05) is 0 Å². The molecule has 0 fully saturated rings. The van der Waals surface area contributed by atoms with E-state index in [1.165, 1.54) is 0 Å². The molecule has 5 N–H and O–H groups in total. The van der Waals surface area contributed by atoms with E-state index in [-0.39, 0.29) is 0 Å². The summed E-state index contributed by atoms with van der Waals surface area (Å²) in [6, 6.07) is -2.57. The molecule has 0 heterocycles. The first-order chi connectivity index (χ1) is 5.86. The molecule has 2 atom stereocenters. The van der Waals surface area contributed by atoms with Crippen LogP contribution in [0.3, 0.4) is 0 Å². The molecular weight excluding hydrogens is 180 g/mol. The zero-order valence-electron chi connectivity index (χ0n) is 6.85. The van der Waals surface area contributed by atoms with Crippen LogP contribution < -0.4 is 11.1 Å². The summed E-state index contributed by atoms with van der Waals surface area (Å²) in [7, 11) is 0. The van der Waals surface area contributed by atoms with E-state index in [9.17, 15) is 14.4 Å². The number of aliphatic carboxylic acids is 2. The molecule has 74 valence electrons. The molecule has 0 radical (unpaired) electrons. The predicted molar refractivity (Wildman–Crippen MR) is 40.9 cm³/mol. The molecule has 0 aliphatic heterocycles. The van der Waals surface area contributed by atoms with Gasteiger partial charge in [0.25, 0.3) is 0 Å². The molecule has 0 rings (SSSR count). The van der Waals surface area contributed by atoms with E-state index >= 15 is 0 Å². The van der Waals surface area contributed by atoms with E-state index in [0.717, 1.165) is 6.92 Å². The first kappa shape index (κ1) is 11.2. The van der Waals surface area contributed by atoms with Crippen molar-refractivity contribution in [3.63, 3.8) is 0 Å². The highest BCUT2D eigenvalue weighted by atomic mass is 16.4. The van der Waals surface area contributed by atoms with Gasteiger partial charge >= 0.3 is 18.0 Å². The van der Waals surface area contributed by atoms with E-state index in [1.54, 1.807) is 0 Å². The Kier molecular flexibility index (Phi) is 3.70. The number of hydrogen-bond acceptors (Lipinski definition) is 3. The number of amides is 2. The topological polar surface area (TPSA) is 130 Å². The van der Waals surface area contributed by atoms with Crippen LogP contribution in [0.5, 0.6) is 0 Å². The zero-order chi connectivity index (χ0) is 10.6. The summed E-state index contributed by atoms with van der Waals surface area (Å²) in [5.41, 5.74) is 4.66. The monoisotopic (exact) mass is 190 g/mol. The van der Waals surface area contributed by atoms with Crippen LogP contribution in [-0.4, -0.2) is 34.2 Å². The third-order valence-corrected chi connectivity index (χ3v) is 1.45. The van der Waals surface area contributed by atoms with Gasteiger partial charge in [-0.15, -0.1) is 0 Å². The Bertz CT molecular complexity index is 239. The molecule has 0 aromatic heterocycles. The second-order valence-electron chi connectivity index (χ2n) is 2.45. The van der Waals surface area contributed by atoms with Crippen molar-refractivity contribution in [2.75, 3.05) is 0 Å². The van der Waals surface area contributed by atoms with Crippen molar-refractivity contribution < 1.29 is 24.6 Å². The van der Waals surface area contributed by atoms with Crippen LogP contribution in [0.1, 0.15) is 6.92 Å². The van der Waals surface area contributed by atoms with E-state index < -0.39 is 29.9 Å². The Morgan fingerprint density at radius 3 is 1.92 bits per heavy atom. The molecule has 0 aromatic rings. The van der Waals surface area contributed by atoms with Crippen molar-refractivity contribution >= 4 is 18.0 Å². The molecule has 0 spiro atoms. The van der Waals surface area contributed by atoms with Crippen molar-refractivity contribution in [3.05, 3.63) is 0 Å². The van der Waals surface area contributed by atoms with Gasteiger partial charge in [-0.1, -0.05) is 0 Å². The van der Waals surface area contributed by atoms with Gasteiger partial charge in [-0.05, 0) is 6.92 Å². The fraction of sp³-hybridized carbons (Fsp3) is 0.500. The summed E-state index contributed by atoms with van der Waals surface area (Å²) >= 11 is 0. The maximum absolute atomic E-state index is 10.4. The lowest BCUT2D eigenvalue weighted by Gasteiger charge is -2.16. The van der Waals surface area contributed by atoms with E-state index in [2.05, 4.69) is 5.73 Å². The number of carbonyl (C=O) groups is 3. The van der Waals surface area contributed by atoms with Gasteiger partial charge in [0.2, 0.25) is 0 Å². The van der Waals surface area contributed by atoms with Crippen LogP contribution in [0.25, 0.3) is 0 Å². The first-order valence-corrected chi connectivity index (χ1v) is 3.37. The summed E-state index contributed by atoms with van der Waals surface area (Å²) in [5, 5.41) is 18.8. The van der Waals surface area contributed by atoms with Crippen LogP contribution in [-0.2, 0) is 9.59 Å². The van der Waals surface area contributed by atoms with Crippen LogP contribution >= 0.6 is 0 Å². The van der Waals surface area contributed by atoms with Gasteiger partial charge in [-0.25, -0.2) is 9.59 Å². The van der Waals surface area contributed by atoms with Crippen LogP contribution in [0.4, 0.5) is 4.79 Å². The van der Waals surface area contributed by atoms with Gasteiger partial charge in [-0.2, -0.15) is 0 Å². The van der Waals surface area contributed by atoms with Crippen molar-refractivity contribution in [1.29, 1.82) is 0 Å². The molecule has 0 bridgehead atoms. The van der Waals surface area contributed by atoms with Crippen LogP contribution in [0.2, 0.25) is 0 Å². The highest BCUT2D eigenvalue weighted by Gasteiger charge is 2.30. The average Bonchev–Trinajstić information content (AvgIpc) is 1.97. The first-order valence-electron chi connectivity index (χ1n) is 3.37. The molecule has 0 saturated heterocycles. The molecule has 7 nitrogen and oxygen atoms in total. The molecule has 13 heavy (non-hydrogen) atoms. The summed E-state index contributed by atoms with van der Waals surface area (Å²) in [6.45, 7) is 1.16. The highest BCUT2D eigenvalue weighted by molar-refractivity contribution is 5.86. The van der Waals surface area contributed by atoms with Crippen LogP contribution in [0.15, 0.2) is 0 Å². The van der Waals surface area contributed by atoms with E-state index in [0.29, 0.717) is 0 Å². The lowest BCUT2D eigenvalue weighted by atomic mass is 10.0. The van der Waals surface area contributed by atoms with Gasteiger partial charge < -0.3 is 21.3 Å². The van der Waals surface area contributed by atoms with Gasteiger partial charge in [-0.3, -0.25) is 4.79 Å². The molecular formula is C6H10N2O5. The minimum atomic E-state index is -1.50. The number of nitrogens with two attached hydrogens (primary N) is 1. The van der Waals surface area contributed by atoms with Gasteiger partial charge in [0.1, 0.15) is 6.04 Å². The van der Waals surface area contributed by atoms with Crippen molar-refractivity contribution in [1.82, 2.24) is 5.32 Å². The predicted octanol–water partition coefficient (Wildman–Crippen LogP) is -1.17. The van der Waals surface area contributed by atoms with Crippen molar-refractivity contribution in [2.45, 2.75) is 13.0 Å². The summed E-state index contributed by atoms with van der Waals surface area (Å²) in [4.78, 5) is 31.1. The average molecular weight is 190 g/mol. The van der Waals surface area contributed by atoms with E-state index in [1.807, 2.05) is 5.32 Å². The normalized spacial score (nSPS) is 14.2. The lowest BCUT2D eigenvalue weighted by molar-refractivity contribution is -0.149. The smallest absolute Gasteiger partial charge is 0.327 e. The number of carboxylic acid groups (broad SMARTS) is 2. The van der Waals surface area contributed by atoms with Crippen molar-refractivity contribution in [3.8, 4) is 0 Å². The number of rotatable bonds is 4. The Morgan fingerprint density at radius 2 is 1.69 bits per heavy atom. The minimum absolute atomic E-state index is 1.07. The number of urea groups is 1. The Morgan fingerprint density at radius 1 is 1.23 bits per heavy atom. The molecule has 0 aromatic carbocycles. The van der Waals surface area contributed by atoms with Crippen molar-refractivity contribution in [2.24, 2.45) is 11.7 Å².